The fourth-order valence-corrected chi connectivity index (χ4v) is 3.02. The highest BCUT2D eigenvalue weighted by atomic mass is 35.5. The van der Waals surface area contributed by atoms with Crippen LogP contribution in [-0.2, 0) is 16.5 Å². The molecule has 1 aromatic heterocycles. The van der Waals surface area contributed by atoms with E-state index in [0.717, 1.165) is 5.56 Å². The number of carbonyl (C=O) groups excluding carboxylic acids is 1. The number of anilines is 1. The summed E-state index contributed by atoms with van der Waals surface area (Å²) in [6.45, 7) is 2.41. The van der Waals surface area contributed by atoms with E-state index in [1.807, 2.05) is 13.0 Å². The van der Waals surface area contributed by atoms with Gasteiger partial charge in [0, 0.05) is 11.9 Å². The number of hydrogen-bond donors (Lipinski definition) is 2. The minimum absolute atomic E-state index is 0. The van der Waals surface area contributed by atoms with Gasteiger partial charge in [0.25, 0.3) is 5.91 Å². The monoisotopic (exact) mass is 448 g/mol. The number of halogens is 5. The Hall–Kier alpha value is -2.36. The molecule has 2 aromatic rings. The molecule has 0 bridgehead atoms. The van der Waals surface area contributed by atoms with Crippen LogP contribution in [0.25, 0.3) is 0 Å². The molecule has 2 heterocycles. The van der Waals surface area contributed by atoms with E-state index in [9.17, 15) is 18.0 Å². The number of carbonyl (C=O) groups is 1. The van der Waals surface area contributed by atoms with Gasteiger partial charge in [0.15, 0.2) is 0 Å². The van der Waals surface area contributed by atoms with Crippen molar-refractivity contribution in [2.24, 2.45) is 10.7 Å². The lowest BCUT2D eigenvalue weighted by molar-refractivity contribution is -0.137. The first-order valence-electron chi connectivity index (χ1n) is 8.15. The summed E-state index contributed by atoms with van der Waals surface area (Å²) >= 11 is 5.82. The number of nitrogens with zero attached hydrogens (tertiary/aromatic N) is 2. The molecule has 1 atom stereocenters. The van der Waals surface area contributed by atoms with Crippen molar-refractivity contribution in [3.8, 4) is 0 Å². The molecule has 1 unspecified atom stereocenters. The lowest BCUT2D eigenvalue weighted by atomic mass is 9.92. The number of aliphatic imine (C=N–C) groups is 1. The zero-order valence-electron chi connectivity index (χ0n) is 15.1. The number of amidine groups is 1. The van der Waals surface area contributed by atoms with Gasteiger partial charge in [-0.25, -0.2) is 4.98 Å². The second kappa shape index (κ2) is 8.56. The first-order chi connectivity index (χ1) is 13.1. The second-order valence-corrected chi connectivity index (χ2v) is 6.86. The van der Waals surface area contributed by atoms with Gasteiger partial charge < -0.3 is 15.8 Å². The molecule has 0 saturated carbocycles. The number of benzene rings is 1. The lowest BCUT2D eigenvalue weighted by Gasteiger charge is -2.30. The molecule has 11 heteroatoms. The van der Waals surface area contributed by atoms with E-state index in [0.29, 0.717) is 30.4 Å². The average Bonchev–Trinajstić information content (AvgIpc) is 2.61. The smallest absolute Gasteiger partial charge is 0.386 e. The summed E-state index contributed by atoms with van der Waals surface area (Å²) < 4.78 is 43.5. The van der Waals surface area contributed by atoms with Gasteiger partial charge in [-0.2, -0.15) is 13.2 Å². The molecular formula is C18H17Cl2F3N4O2. The molecule has 1 amide bonds. The zero-order chi connectivity index (χ0) is 20.5. The first-order valence-corrected chi connectivity index (χ1v) is 8.53. The molecule has 3 rings (SSSR count). The normalized spacial score (nSPS) is 19.1. The van der Waals surface area contributed by atoms with E-state index in [-0.39, 0.29) is 24.7 Å². The Morgan fingerprint density at radius 1 is 1.34 bits per heavy atom. The van der Waals surface area contributed by atoms with E-state index in [4.69, 9.17) is 22.1 Å². The van der Waals surface area contributed by atoms with E-state index in [2.05, 4.69) is 15.3 Å². The maximum atomic E-state index is 12.7. The van der Waals surface area contributed by atoms with Crippen molar-refractivity contribution in [1.82, 2.24) is 4.98 Å². The van der Waals surface area contributed by atoms with Crippen LogP contribution in [0, 0.1) is 0 Å². The number of nitrogens with one attached hydrogen (secondary N) is 1. The second-order valence-electron chi connectivity index (χ2n) is 6.46. The number of nitrogens with two attached hydrogens (primary N) is 1. The van der Waals surface area contributed by atoms with Gasteiger partial charge in [0.05, 0.1) is 17.2 Å². The number of amides is 1. The summed E-state index contributed by atoms with van der Waals surface area (Å²) in [7, 11) is 0. The van der Waals surface area contributed by atoms with Crippen LogP contribution >= 0.6 is 24.0 Å². The van der Waals surface area contributed by atoms with Gasteiger partial charge in [-0.3, -0.25) is 9.79 Å². The number of hydrogen-bond acceptors (Lipinski definition) is 5. The van der Waals surface area contributed by atoms with Crippen LogP contribution in [-0.4, -0.2) is 29.9 Å². The summed E-state index contributed by atoms with van der Waals surface area (Å²) in [6.07, 6.45) is -4.03. The molecule has 1 aromatic carbocycles. The Balaban J connectivity index is 0.00000300. The van der Waals surface area contributed by atoms with E-state index in [1.54, 1.807) is 18.2 Å². The van der Waals surface area contributed by atoms with Crippen molar-refractivity contribution in [2.45, 2.75) is 18.6 Å². The molecule has 1 aliphatic rings. The maximum absolute atomic E-state index is 12.7. The Morgan fingerprint density at radius 2 is 2.07 bits per heavy atom. The molecule has 3 N–H and O–H groups in total. The van der Waals surface area contributed by atoms with Gasteiger partial charge in [-0.1, -0.05) is 23.7 Å². The number of aromatic nitrogens is 1. The van der Waals surface area contributed by atoms with Crippen LogP contribution in [0.2, 0.25) is 5.02 Å². The molecule has 156 valence electrons. The Bertz CT molecular complexity index is 953. The summed E-state index contributed by atoms with van der Waals surface area (Å²) in [5.74, 6) is -0.368. The predicted octanol–water partition coefficient (Wildman–Crippen LogP) is 4.03. The molecule has 1 aliphatic heterocycles. The van der Waals surface area contributed by atoms with Crippen LogP contribution in [0.3, 0.4) is 0 Å². The van der Waals surface area contributed by atoms with Gasteiger partial charge in [0.2, 0.25) is 0 Å². The minimum atomic E-state index is -4.60. The fraction of sp³-hybridized carbons (Fsp3) is 0.278. The van der Waals surface area contributed by atoms with Crippen LogP contribution in [0.4, 0.5) is 18.9 Å². The molecule has 0 radical (unpaired) electrons. The topological polar surface area (TPSA) is 89.6 Å². The first kappa shape index (κ1) is 22.9. The number of pyridine rings is 1. The summed E-state index contributed by atoms with van der Waals surface area (Å²) in [4.78, 5) is 20.4. The largest absolute Gasteiger partial charge is 0.417 e. The van der Waals surface area contributed by atoms with Crippen molar-refractivity contribution in [3.63, 3.8) is 0 Å². The predicted molar refractivity (Wildman–Crippen MR) is 106 cm³/mol. The van der Waals surface area contributed by atoms with Crippen molar-refractivity contribution in [3.05, 3.63) is 58.4 Å². The van der Waals surface area contributed by atoms with Gasteiger partial charge in [-0.15, -0.1) is 12.4 Å². The third kappa shape index (κ3) is 5.17. The van der Waals surface area contributed by atoms with Crippen LogP contribution in [0.15, 0.2) is 41.5 Å². The zero-order valence-corrected chi connectivity index (χ0v) is 16.7. The van der Waals surface area contributed by atoms with Crippen molar-refractivity contribution >= 4 is 41.4 Å². The quantitative estimate of drug-likeness (QED) is 0.741. The maximum Gasteiger partial charge on any atom is 0.417 e. The highest BCUT2D eigenvalue weighted by Gasteiger charge is 2.32. The number of alkyl halides is 3. The molecule has 6 nitrogen and oxygen atoms in total. The van der Waals surface area contributed by atoms with Gasteiger partial charge >= 0.3 is 6.18 Å². The number of ether oxygens (including phenoxy) is 1. The van der Waals surface area contributed by atoms with Crippen LogP contribution < -0.4 is 11.1 Å². The van der Waals surface area contributed by atoms with E-state index < -0.39 is 28.2 Å². The van der Waals surface area contributed by atoms with Crippen molar-refractivity contribution in [2.75, 3.05) is 18.5 Å². The molecular weight excluding hydrogens is 432 g/mol. The lowest BCUT2D eigenvalue weighted by Crippen LogP contribution is -2.37. The van der Waals surface area contributed by atoms with Crippen LogP contribution in [0.1, 0.15) is 28.5 Å². The summed E-state index contributed by atoms with van der Waals surface area (Å²) in [5, 5.41) is 2.18. The van der Waals surface area contributed by atoms with Crippen molar-refractivity contribution in [1.29, 1.82) is 0 Å². The SMILES string of the molecule is CC1(c2cccc(NC(=O)c3ncc(C(F)(F)F)cc3Cl)c2)COCC(N)=N1.Cl. The van der Waals surface area contributed by atoms with Gasteiger partial charge in [-0.05, 0) is 30.7 Å². The molecule has 29 heavy (non-hydrogen) atoms. The third-order valence-corrected chi connectivity index (χ3v) is 4.44. The fourth-order valence-electron chi connectivity index (χ4n) is 2.77. The molecule has 0 spiro atoms. The molecule has 0 saturated heterocycles. The van der Waals surface area contributed by atoms with Crippen LogP contribution in [0.5, 0.6) is 0 Å². The van der Waals surface area contributed by atoms with E-state index in [1.165, 1.54) is 0 Å². The highest BCUT2D eigenvalue weighted by Crippen LogP contribution is 2.32. The Morgan fingerprint density at radius 3 is 2.69 bits per heavy atom. The average molecular weight is 449 g/mol. The standard InChI is InChI=1S/C18H16ClF3N4O2.ClH/c1-17(9-28-8-14(23)26-17)10-3-2-4-12(5-10)25-16(27)15-13(19)6-11(7-24-15)18(20,21)22;/h2-7H,8-9H2,1H3,(H2,23,26)(H,25,27);1H. The Labute approximate surface area is 175 Å². The highest BCUT2D eigenvalue weighted by molar-refractivity contribution is 6.34. The van der Waals surface area contributed by atoms with Gasteiger partial charge in [0.1, 0.15) is 23.7 Å². The molecule has 0 fully saturated rings. The summed E-state index contributed by atoms with van der Waals surface area (Å²) in [6, 6.07) is 7.49. The minimum Gasteiger partial charge on any atom is -0.386 e. The molecule has 0 aliphatic carbocycles. The summed E-state index contributed by atoms with van der Waals surface area (Å²) in [5.41, 5.74) is 4.85. The number of rotatable bonds is 3. The van der Waals surface area contributed by atoms with Crippen molar-refractivity contribution < 1.29 is 22.7 Å². The third-order valence-electron chi connectivity index (χ3n) is 4.15. The van der Waals surface area contributed by atoms with E-state index >= 15 is 0 Å². The Kier molecular flexibility index (Phi) is 6.77.